The molecule has 0 aliphatic rings. The molecule has 0 nitrogen and oxygen atoms in total. The van der Waals surface area contributed by atoms with E-state index in [1.54, 1.807) is 59.9 Å². The van der Waals surface area contributed by atoms with Crippen molar-refractivity contribution in [1.29, 1.82) is 0 Å². The fourth-order valence-corrected chi connectivity index (χ4v) is 5.79. The smallest absolute Gasteiger partial charge is 0.123 e. The van der Waals surface area contributed by atoms with E-state index in [0.717, 1.165) is 54.6 Å². The summed E-state index contributed by atoms with van der Waals surface area (Å²) in [5.41, 5.74) is 6.39. The molecule has 0 N–H and O–H groups in total. The summed E-state index contributed by atoms with van der Waals surface area (Å²) in [5, 5.41) is 2.91. The molecule has 0 fully saturated rings. The van der Waals surface area contributed by atoms with Crippen LogP contribution in [-0.4, -0.2) is 0 Å². The van der Waals surface area contributed by atoms with E-state index in [1.165, 1.54) is 48.5 Å². The maximum Gasteiger partial charge on any atom is 0.123 e. The molecule has 5 heteroatoms. The van der Waals surface area contributed by atoms with E-state index < -0.39 is 0 Å². The monoisotopic (exact) mass is 510 g/mol. The van der Waals surface area contributed by atoms with Crippen LogP contribution in [0.25, 0.3) is 54.6 Å². The summed E-state index contributed by atoms with van der Waals surface area (Å²) in [4.78, 5) is 0. The molecule has 6 aromatic rings. The fourth-order valence-electron chi connectivity index (χ4n) is 4.82. The van der Waals surface area contributed by atoms with Gasteiger partial charge in [0.15, 0.2) is 0 Å². The van der Waals surface area contributed by atoms with Crippen LogP contribution in [0.5, 0.6) is 0 Å². The Morgan fingerprint density at radius 3 is 1.08 bits per heavy atom. The molecule has 180 valence electrons. The number of hydrogen-bond acceptors (Lipinski definition) is 1. The van der Waals surface area contributed by atoms with Crippen molar-refractivity contribution in [3.05, 3.63) is 132 Å². The van der Waals surface area contributed by atoms with Crippen LogP contribution >= 0.6 is 11.3 Å². The molecular weight excluding hydrogens is 492 g/mol. The number of hydrogen-bond donors (Lipinski definition) is 0. The Bertz CT molecular complexity index is 1590. The normalized spacial score (nSPS) is 11.2. The molecule has 0 unspecified atom stereocenters. The number of fused-ring (bicyclic) bond motifs is 1. The average Bonchev–Trinajstić information content (AvgIpc) is 3.39. The molecule has 0 saturated carbocycles. The Morgan fingerprint density at radius 1 is 0.351 bits per heavy atom. The van der Waals surface area contributed by atoms with E-state index in [2.05, 4.69) is 0 Å². The Labute approximate surface area is 215 Å². The van der Waals surface area contributed by atoms with Crippen LogP contribution < -0.4 is 0 Å². The molecule has 0 bridgehead atoms. The highest BCUT2D eigenvalue weighted by Crippen LogP contribution is 2.52. The highest BCUT2D eigenvalue weighted by Gasteiger charge is 2.25. The van der Waals surface area contributed by atoms with Crippen molar-refractivity contribution in [2.75, 3.05) is 0 Å². The first kappa shape index (κ1) is 23.2. The third-order valence-corrected chi connectivity index (χ3v) is 7.38. The molecule has 1 aromatic heterocycles. The van der Waals surface area contributed by atoms with Gasteiger partial charge in [-0.25, -0.2) is 17.6 Å². The standard InChI is InChI=1S/C32H18F4S/c33-23-9-1-19(2-10-23)28-27-17-18-37-32(27)31(22-7-15-26(36)16-8-22)30(21-5-13-25(35)14-6-21)29(28)20-3-11-24(34)12-4-20/h1-18H. The molecular formula is C32H18F4S. The van der Waals surface area contributed by atoms with Crippen LogP contribution in [0.15, 0.2) is 109 Å². The van der Waals surface area contributed by atoms with Crippen LogP contribution in [0.3, 0.4) is 0 Å². The zero-order valence-corrected chi connectivity index (χ0v) is 20.1. The Morgan fingerprint density at radius 2 is 0.676 bits per heavy atom. The van der Waals surface area contributed by atoms with Gasteiger partial charge < -0.3 is 0 Å². The maximum absolute atomic E-state index is 14.0. The zero-order valence-electron chi connectivity index (χ0n) is 19.3. The van der Waals surface area contributed by atoms with Crippen LogP contribution in [0, 0.1) is 23.3 Å². The largest absolute Gasteiger partial charge is 0.207 e. The first-order chi connectivity index (χ1) is 18.0. The van der Waals surface area contributed by atoms with Gasteiger partial charge in [0.1, 0.15) is 23.3 Å². The minimum atomic E-state index is -0.370. The van der Waals surface area contributed by atoms with Crippen molar-refractivity contribution >= 4 is 21.4 Å². The molecule has 0 atom stereocenters. The van der Waals surface area contributed by atoms with Crippen LogP contribution in [-0.2, 0) is 0 Å². The summed E-state index contributed by atoms with van der Waals surface area (Å²) >= 11 is 1.54. The molecule has 0 radical (unpaired) electrons. The predicted octanol–water partition coefficient (Wildman–Crippen LogP) is 10.1. The number of rotatable bonds is 4. The van der Waals surface area contributed by atoms with Crippen molar-refractivity contribution in [1.82, 2.24) is 0 Å². The molecule has 0 aliphatic heterocycles. The summed E-state index contributed by atoms with van der Waals surface area (Å²) < 4.78 is 56.8. The number of halogens is 4. The van der Waals surface area contributed by atoms with Crippen molar-refractivity contribution in [2.24, 2.45) is 0 Å². The van der Waals surface area contributed by atoms with E-state index in [4.69, 9.17) is 0 Å². The lowest BCUT2D eigenvalue weighted by atomic mass is 9.81. The second-order valence-electron chi connectivity index (χ2n) is 8.69. The van der Waals surface area contributed by atoms with Crippen molar-refractivity contribution in [2.45, 2.75) is 0 Å². The second-order valence-corrected chi connectivity index (χ2v) is 9.61. The van der Waals surface area contributed by atoms with E-state index >= 15 is 0 Å². The van der Waals surface area contributed by atoms with Crippen LogP contribution in [0.1, 0.15) is 0 Å². The van der Waals surface area contributed by atoms with Gasteiger partial charge in [0.05, 0.1) is 0 Å². The molecule has 37 heavy (non-hydrogen) atoms. The Balaban J connectivity index is 1.84. The van der Waals surface area contributed by atoms with Gasteiger partial charge in [0, 0.05) is 15.6 Å². The lowest BCUT2D eigenvalue weighted by molar-refractivity contribution is 0.627. The van der Waals surface area contributed by atoms with Gasteiger partial charge in [-0.1, -0.05) is 48.5 Å². The van der Waals surface area contributed by atoms with E-state index in [-0.39, 0.29) is 23.3 Å². The lowest BCUT2D eigenvalue weighted by Crippen LogP contribution is -1.96. The summed E-state index contributed by atoms with van der Waals surface area (Å²) in [6.07, 6.45) is 0. The highest BCUT2D eigenvalue weighted by atomic mass is 32.1. The number of thiophene rings is 1. The minimum Gasteiger partial charge on any atom is -0.207 e. The minimum absolute atomic E-state index is 0.351. The van der Waals surface area contributed by atoms with E-state index in [1.807, 2.05) is 11.4 Å². The Kier molecular flexibility index (Phi) is 5.85. The molecule has 1 heterocycles. The summed E-state index contributed by atoms with van der Waals surface area (Å²) in [6.45, 7) is 0. The molecule has 0 spiro atoms. The first-order valence-electron chi connectivity index (χ1n) is 11.6. The molecule has 6 rings (SSSR count). The van der Waals surface area contributed by atoms with Crippen LogP contribution in [0.4, 0.5) is 17.6 Å². The van der Waals surface area contributed by atoms with Gasteiger partial charge in [0.2, 0.25) is 0 Å². The molecule has 0 saturated heterocycles. The van der Waals surface area contributed by atoms with Gasteiger partial charge in [-0.15, -0.1) is 11.3 Å². The average molecular weight is 511 g/mol. The predicted molar refractivity (Wildman–Crippen MR) is 143 cm³/mol. The molecule has 0 amide bonds. The lowest BCUT2D eigenvalue weighted by Gasteiger charge is -2.22. The van der Waals surface area contributed by atoms with Gasteiger partial charge in [-0.2, -0.15) is 0 Å². The van der Waals surface area contributed by atoms with Gasteiger partial charge >= 0.3 is 0 Å². The van der Waals surface area contributed by atoms with E-state index in [0.29, 0.717) is 0 Å². The quantitative estimate of drug-likeness (QED) is 0.207. The van der Waals surface area contributed by atoms with Gasteiger partial charge in [-0.3, -0.25) is 0 Å². The highest BCUT2D eigenvalue weighted by molar-refractivity contribution is 7.18. The van der Waals surface area contributed by atoms with Crippen molar-refractivity contribution < 1.29 is 17.6 Å². The fraction of sp³-hybridized carbons (Fsp3) is 0. The summed E-state index contributed by atoms with van der Waals surface area (Å²) in [5.74, 6) is -1.44. The van der Waals surface area contributed by atoms with Gasteiger partial charge in [-0.05, 0) is 98.9 Å². The van der Waals surface area contributed by atoms with Crippen molar-refractivity contribution in [3.63, 3.8) is 0 Å². The number of benzene rings is 5. The second kappa shape index (κ2) is 9.34. The topological polar surface area (TPSA) is 0 Å². The summed E-state index contributed by atoms with van der Waals surface area (Å²) in [7, 11) is 0. The third-order valence-electron chi connectivity index (χ3n) is 6.44. The zero-order chi connectivity index (χ0) is 25.5. The molecule has 0 aliphatic carbocycles. The summed E-state index contributed by atoms with van der Waals surface area (Å²) in [6, 6.07) is 27.0. The van der Waals surface area contributed by atoms with Crippen molar-refractivity contribution in [3.8, 4) is 44.5 Å². The third kappa shape index (κ3) is 4.21. The van der Waals surface area contributed by atoms with Gasteiger partial charge in [0.25, 0.3) is 0 Å². The SMILES string of the molecule is Fc1ccc(-c2c(-c3ccc(F)cc3)c(-c3ccc(F)cc3)c3sccc3c2-c2ccc(F)cc2)cc1. The Hall–Kier alpha value is -4.22. The van der Waals surface area contributed by atoms with Crippen LogP contribution in [0.2, 0.25) is 0 Å². The molecule has 5 aromatic carbocycles. The maximum atomic E-state index is 14.0. The first-order valence-corrected chi connectivity index (χ1v) is 12.5. The van der Waals surface area contributed by atoms with E-state index in [9.17, 15) is 17.6 Å².